The molecule has 0 saturated carbocycles. The van der Waals surface area contributed by atoms with Crippen LogP contribution < -0.4 is 0 Å². The first-order valence-corrected chi connectivity index (χ1v) is 13.7. The molecule has 0 saturated heterocycles. The molecule has 0 radical (unpaired) electrons. The van der Waals surface area contributed by atoms with Crippen molar-refractivity contribution in [3.8, 4) is 11.1 Å². The Balaban J connectivity index is 1.40. The molecule has 0 aliphatic heterocycles. The molecule has 36 heavy (non-hydrogen) atoms. The summed E-state index contributed by atoms with van der Waals surface area (Å²) in [5.74, 6) is 0. The van der Waals surface area contributed by atoms with Gasteiger partial charge in [-0.1, -0.05) is 97.1 Å². The van der Waals surface area contributed by atoms with Gasteiger partial charge in [0.1, 0.15) is 0 Å². The summed E-state index contributed by atoms with van der Waals surface area (Å²) >= 11 is 0. The minimum Gasteiger partial charge on any atom is -0.282 e. The van der Waals surface area contributed by atoms with Crippen LogP contribution in [-0.4, -0.2) is 25.9 Å². The first-order valence-electron chi connectivity index (χ1n) is 10.8. The van der Waals surface area contributed by atoms with Crippen LogP contribution in [0.1, 0.15) is 22.3 Å². The van der Waals surface area contributed by atoms with Gasteiger partial charge in [-0.2, -0.15) is 16.8 Å². The van der Waals surface area contributed by atoms with E-state index in [9.17, 15) is 16.8 Å². The zero-order chi connectivity index (χ0) is 25.8. The molecule has 0 aromatic heterocycles. The van der Waals surface area contributed by atoms with Crippen LogP contribution in [0, 0.1) is 0 Å². The quantitative estimate of drug-likeness (QED) is 0.223. The molecule has 0 aliphatic rings. The lowest BCUT2D eigenvalue weighted by Crippen LogP contribution is -1.97. The number of hydrogen-bond donors (Lipinski definition) is 2. The van der Waals surface area contributed by atoms with E-state index in [0.29, 0.717) is 0 Å². The van der Waals surface area contributed by atoms with Crippen molar-refractivity contribution in [2.24, 2.45) is 0 Å². The zero-order valence-corrected chi connectivity index (χ0v) is 20.5. The fourth-order valence-corrected chi connectivity index (χ4v) is 4.42. The van der Waals surface area contributed by atoms with Crippen molar-refractivity contribution in [2.45, 2.75) is 9.79 Å². The first kappa shape index (κ1) is 25.3. The van der Waals surface area contributed by atoms with Crippen LogP contribution in [0.25, 0.3) is 35.4 Å². The van der Waals surface area contributed by atoms with Gasteiger partial charge in [-0.25, -0.2) is 0 Å². The standard InChI is InChI=1S/C28H22O6S2/c29-35(30,31)27-17-9-23(10-18-27)3-1-21-5-13-25(14-6-21)26-15-7-22(8-16-26)2-4-24-11-19-28(20-12-24)36(32,33)34/h1-20H,(H,29,30,31)(H,32,33,34)/b3-1+,4-2+. The highest BCUT2D eigenvalue weighted by Crippen LogP contribution is 2.22. The molecule has 0 spiro atoms. The Morgan fingerprint density at radius 3 is 0.833 bits per heavy atom. The molecule has 182 valence electrons. The second kappa shape index (κ2) is 10.4. The number of hydrogen-bond acceptors (Lipinski definition) is 4. The molecule has 0 heterocycles. The average molecular weight is 519 g/mol. The SMILES string of the molecule is O=S(=O)(O)c1ccc(/C=C/c2ccc(-c3ccc(/C=C/c4ccc(S(=O)(=O)O)cc4)cc3)cc2)cc1. The van der Waals surface area contributed by atoms with Crippen molar-refractivity contribution in [1.29, 1.82) is 0 Å². The predicted octanol–water partition coefficient (Wildman–Crippen LogP) is 6.19. The molecule has 0 amide bonds. The molecule has 0 aliphatic carbocycles. The Morgan fingerprint density at radius 2 is 0.611 bits per heavy atom. The van der Waals surface area contributed by atoms with Gasteiger partial charge in [-0.3, -0.25) is 9.11 Å². The highest BCUT2D eigenvalue weighted by molar-refractivity contribution is 7.86. The third-order valence-corrected chi connectivity index (χ3v) is 7.18. The van der Waals surface area contributed by atoms with Gasteiger partial charge in [0, 0.05) is 0 Å². The number of benzene rings is 4. The van der Waals surface area contributed by atoms with E-state index in [1.807, 2.05) is 72.8 Å². The monoisotopic (exact) mass is 518 g/mol. The van der Waals surface area contributed by atoms with Crippen LogP contribution in [0.5, 0.6) is 0 Å². The summed E-state index contributed by atoms with van der Waals surface area (Å²) in [6, 6.07) is 27.9. The molecule has 0 bridgehead atoms. The second-order valence-electron chi connectivity index (χ2n) is 8.00. The summed E-state index contributed by atoms with van der Waals surface area (Å²) in [5, 5.41) is 0. The van der Waals surface area contributed by atoms with Gasteiger partial charge in [0.05, 0.1) is 9.79 Å². The minimum absolute atomic E-state index is 0.139. The van der Waals surface area contributed by atoms with E-state index in [4.69, 9.17) is 9.11 Å². The van der Waals surface area contributed by atoms with Gasteiger partial charge >= 0.3 is 0 Å². The maximum atomic E-state index is 11.1. The molecule has 2 N–H and O–H groups in total. The van der Waals surface area contributed by atoms with E-state index in [1.165, 1.54) is 24.3 Å². The Kier molecular flexibility index (Phi) is 7.32. The Labute approximate surface area is 210 Å². The van der Waals surface area contributed by atoms with Gasteiger partial charge < -0.3 is 0 Å². The molecule has 4 aromatic carbocycles. The predicted molar refractivity (Wildman–Crippen MR) is 142 cm³/mol. The van der Waals surface area contributed by atoms with Crippen LogP contribution in [0.4, 0.5) is 0 Å². The van der Waals surface area contributed by atoms with Crippen molar-refractivity contribution in [3.63, 3.8) is 0 Å². The Hall–Kier alpha value is -3.82. The largest absolute Gasteiger partial charge is 0.294 e. The lowest BCUT2D eigenvalue weighted by atomic mass is 10.0. The maximum absolute atomic E-state index is 11.1. The van der Waals surface area contributed by atoms with Crippen molar-refractivity contribution < 1.29 is 25.9 Å². The zero-order valence-electron chi connectivity index (χ0n) is 18.9. The smallest absolute Gasteiger partial charge is 0.282 e. The summed E-state index contributed by atoms with van der Waals surface area (Å²) in [6.45, 7) is 0. The Bertz CT molecular complexity index is 1490. The molecule has 0 atom stereocenters. The summed E-state index contributed by atoms with van der Waals surface area (Å²) in [6.07, 6.45) is 7.56. The topological polar surface area (TPSA) is 109 Å². The van der Waals surface area contributed by atoms with Gasteiger partial charge in [0.25, 0.3) is 20.2 Å². The molecule has 0 unspecified atom stereocenters. The van der Waals surface area contributed by atoms with Crippen LogP contribution in [0.15, 0.2) is 107 Å². The Morgan fingerprint density at radius 1 is 0.389 bits per heavy atom. The van der Waals surface area contributed by atoms with E-state index in [2.05, 4.69) is 0 Å². The highest BCUT2D eigenvalue weighted by Gasteiger charge is 2.08. The molecule has 6 nitrogen and oxygen atoms in total. The van der Waals surface area contributed by atoms with E-state index in [0.717, 1.165) is 33.4 Å². The van der Waals surface area contributed by atoms with Gasteiger partial charge in [0.15, 0.2) is 0 Å². The third kappa shape index (κ3) is 6.65. The van der Waals surface area contributed by atoms with Gasteiger partial charge in [-0.05, 0) is 57.6 Å². The molecule has 0 fully saturated rings. The van der Waals surface area contributed by atoms with Crippen molar-refractivity contribution in [1.82, 2.24) is 0 Å². The van der Waals surface area contributed by atoms with E-state index < -0.39 is 20.2 Å². The fourth-order valence-electron chi connectivity index (χ4n) is 3.46. The summed E-state index contributed by atoms with van der Waals surface area (Å²) < 4.78 is 62.6. The molecule has 8 heteroatoms. The van der Waals surface area contributed by atoms with Crippen LogP contribution in [0.3, 0.4) is 0 Å². The van der Waals surface area contributed by atoms with Crippen molar-refractivity contribution in [2.75, 3.05) is 0 Å². The fraction of sp³-hybridized carbons (Fsp3) is 0. The van der Waals surface area contributed by atoms with Crippen LogP contribution in [0.2, 0.25) is 0 Å². The third-order valence-electron chi connectivity index (χ3n) is 5.45. The first-order chi connectivity index (χ1) is 17.1. The van der Waals surface area contributed by atoms with E-state index in [-0.39, 0.29) is 9.79 Å². The van der Waals surface area contributed by atoms with Crippen LogP contribution >= 0.6 is 0 Å². The molecular weight excluding hydrogens is 496 g/mol. The molecular formula is C28H22O6S2. The van der Waals surface area contributed by atoms with Crippen molar-refractivity contribution >= 4 is 44.5 Å². The summed E-state index contributed by atoms with van der Waals surface area (Å²) in [5.41, 5.74) is 5.70. The van der Waals surface area contributed by atoms with E-state index >= 15 is 0 Å². The lowest BCUT2D eigenvalue weighted by Gasteiger charge is -2.04. The lowest BCUT2D eigenvalue weighted by molar-refractivity contribution is 0.481. The maximum Gasteiger partial charge on any atom is 0.294 e. The molecule has 4 rings (SSSR count). The van der Waals surface area contributed by atoms with Crippen molar-refractivity contribution in [3.05, 3.63) is 119 Å². The highest BCUT2D eigenvalue weighted by atomic mass is 32.2. The minimum atomic E-state index is -4.20. The summed E-state index contributed by atoms with van der Waals surface area (Å²) in [7, 11) is -8.39. The molecule has 4 aromatic rings. The van der Waals surface area contributed by atoms with Gasteiger partial charge in [-0.15, -0.1) is 0 Å². The normalized spacial score (nSPS) is 12.4. The van der Waals surface area contributed by atoms with Gasteiger partial charge in [0.2, 0.25) is 0 Å². The van der Waals surface area contributed by atoms with E-state index in [1.54, 1.807) is 24.3 Å². The number of rotatable bonds is 7. The second-order valence-corrected chi connectivity index (χ2v) is 10.8. The summed E-state index contributed by atoms with van der Waals surface area (Å²) in [4.78, 5) is -0.278. The van der Waals surface area contributed by atoms with Crippen LogP contribution in [-0.2, 0) is 20.2 Å². The average Bonchev–Trinajstić information content (AvgIpc) is 2.86.